The summed E-state index contributed by atoms with van der Waals surface area (Å²) in [5.41, 5.74) is -1.46. The predicted octanol–water partition coefficient (Wildman–Crippen LogP) is 3.68. The topological polar surface area (TPSA) is 117 Å². The van der Waals surface area contributed by atoms with Gasteiger partial charge in [0.25, 0.3) is 0 Å². The van der Waals surface area contributed by atoms with Crippen LogP contribution in [0.5, 0.6) is 5.75 Å². The molecule has 5 rings (SSSR count). The van der Waals surface area contributed by atoms with Crippen LogP contribution in [0.2, 0.25) is 0 Å². The number of nitrogens with zero attached hydrogens (tertiary/aromatic N) is 1. The molecule has 3 unspecified atom stereocenters. The summed E-state index contributed by atoms with van der Waals surface area (Å²) in [7, 11) is 0. The summed E-state index contributed by atoms with van der Waals surface area (Å²) in [6, 6.07) is 14.5. The summed E-state index contributed by atoms with van der Waals surface area (Å²) in [6.07, 6.45) is 0.443. The lowest BCUT2D eigenvalue weighted by Crippen LogP contribution is -2.59. The van der Waals surface area contributed by atoms with Gasteiger partial charge in [-0.25, -0.2) is 0 Å². The molecule has 3 fully saturated rings. The lowest BCUT2D eigenvalue weighted by molar-refractivity contribution is -0.150. The monoisotopic (exact) mass is 563 g/mol. The van der Waals surface area contributed by atoms with Crippen molar-refractivity contribution in [3.05, 3.63) is 60.2 Å². The number of aliphatic hydroxyl groups excluding tert-OH is 1. The fourth-order valence-electron chi connectivity index (χ4n) is 7.20. The van der Waals surface area contributed by atoms with E-state index in [0.717, 1.165) is 0 Å². The van der Waals surface area contributed by atoms with E-state index in [0.29, 0.717) is 30.0 Å². The molecule has 3 N–H and O–H groups in total. The SMILES string of the molecule is CCOc1ccc(NC(=O)[C@@H]2[C@H]3C(=O)N([C@H](CO)c4ccccc4)C(C(=O)NC(C)(C)C)C34CC(C)[C@@]2(C)O4)cc1. The number of hydrogen-bond donors (Lipinski definition) is 3. The van der Waals surface area contributed by atoms with Crippen LogP contribution in [0.15, 0.2) is 54.6 Å². The molecule has 3 aliphatic rings. The van der Waals surface area contributed by atoms with Crippen LogP contribution >= 0.6 is 0 Å². The maximum Gasteiger partial charge on any atom is 0.246 e. The molecule has 0 radical (unpaired) electrons. The van der Waals surface area contributed by atoms with E-state index in [4.69, 9.17) is 9.47 Å². The molecule has 3 saturated heterocycles. The maximum absolute atomic E-state index is 14.5. The van der Waals surface area contributed by atoms with Crippen molar-refractivity contribution >= 4 is 23.4 Å². The standard InChI is InChI=1S/C32H41N3O6/c1-7-40-22-15-13-21(14-16-22)33-27(37)24-25-29(39)35(23(18-36)20-11-9-8-10-12-20)26(28(38)34-30(3,4)5)32(25)17-19(2)31(24,6)41-32/h8-16,19,23-26,36H,7,17-18H2,1-6H3,(H,33,37)(H,34,38)/t19?,23-,24+,25+,26?,31-,32?/m1/s1. The molecular formula is C32H41N3O6. The van der Waals surface area contributed by atoms with Gasteiger partial charge in [0.05, 0.1) is 36.7 Å². The Labute approximate surface area is 241 Å². The second kappa shape index (κ2) is 10.4. The van der Waals surface area contributed by atoms with Crippen molar-refractivity contribution in [3.8, 4) is 5.75 Å². The van der Waals surface area contributed by atoms with Crippen LogP contribution in [0.1, 0.15) is 59.6 Å². The zero-order valence-corrected chi connectivity index (χ0v) is 24.6. The number of rotatable bonds is 8. The Morgan fingerprint density at radius 3 is 2.37 bits per heavy atom. The quantitative estimate of drug-likeness (QED) is 0.451. The Morgan fingerprint density at radius 1 is 1.12 bits per heavy atom. The molecule has 7 atom stereocenters. The Kier molecular flexibility index (Phi) is 7.40. The first-order valence-corrected chi connectivity index (χ1v) is 14.4. The van der Waals surface area contributed by atoms with Gasteiger partial charge < -0.3 is 30.1 Å². The summed E-state index contributed by atoms with van der Waals surface area (Å²) in [5, 5.41) is 16.6. The van der Waals surface area contributed by atoms with Gasteiger partial charge in [0.2, 0.25) is 17.7 Å². The first kappa shape index (κ1) is 29.1. The third-order valence-electron chi connectivity index (χ3n) is 8.91. The summed E-state index contributed by atoms with van der Waals surface area (Å²) < 4.78 is 12.3. The smallest absolute Gasteiger partial charge is 0.246 e. The first-order valence-electron chi connectivity index (χ1n) is 14.4. The molecular weight excluding hydrogens is 522 g/mol. The van der Waals surface area contributed by atoms with Crippen molar-refractivity contribution in [1.29, 1.82) is 0 Å². The molecule has 2 aromatic carbocycles. The van der Waals surface area contributed by atoms with E-state index in [1.165, 1.54) is 4.90 Å². The lowest BCUT2D eigenvalue weighted by Gasteiger charge is -2.38. The van der Waals surface area contributed by atoms with Gasteiger partial charge in [0.1, 0.15) is 17.4 Å². The van der Waals surface area contributed by atoms with E-state index in [9.17, 15) is 19.5 Å². The summed E-state index contributed by atoms with van der Waals surface area (Å²) in [5.74, 6) is -2.18. The van der Waals surface area contributed by atoms with Crippen LogP contribution in [-0.2, 0) is 19.1 Å². The fraction of sp³-hybridized carbons (Fsp3) is 0.531. The molecule has 0 aliphatic carbocycles. The van der Waals surface area contributed by atoms with Gasteiger partial charge in [-0.3, -0.25) is 14.4 Å². The largest absolute Gasteiger partial charge is 0.494 e. The van der Waals surface area contributed by atoms with Crippen molar-refractivity contribution in [1.82, 2.24) is 10.2 Å². The number of benzene rings is 2. The van der Waals surface area contributed by atoms with Gasteiger partial charge in [-0.15, -0.1) is 0 Å². The van der Waals surface area contributed by atoms with Gasteiger partial charge in [-0.1, -0.05) is 37.3 Å². The lowest BCUT2D eigenvalue weighted by atomic mass is 9.62. The molecule has 9 nitrogen and oxygen atoms in total. The normalized spacial score (nSPS) is 31.1. The van der Waals surface area contributed by atoms with E-state index in [1.54, 1.807) is 24.3 Å². The number of hydrogen-bond acceptors (Lipinski definition) is 6. The van der Waals surface area contributed by atoms with Crippen molar-refractivity contribution in [2.45, 2.75) is 76.8 Å². The number of nitrogens with one attached hydrogen (secondary N) is 2. The molecule has 2 bridgehead atoms. The van der Waals surface area contributed by atoms with E-state index < -0.39 is 40.7 Å². The number of anilines is 1. The molecule has 2 aromatic rings. The first-order chi connectivity index (χ1) is 19.4. The van der Waals surface area contributed by atoms with E-state index in [2.05, 4.69) is 10.6 Å². The Morgan fingerprint density at radius 2 is 1.78 bits per heavy atom. The van der Waals surface area contributed by atoms with E-state index in [1.807, 2.05) is 71.9 Å². The van der Waals surface area contributed by atoms with Gasteiger partial charge in [-0.2, -0.15) is 0 Å². The van der Waals surface area contributed by atoms with Crippen molar-refractivity contribution < 1.29 is 29.0 Å². The Bertz CT molecular complexity index is 1310. The summed E-state index contributed by atoms with van der Waals surface area (Å²) >= 11 is 0. The molecule has 3 heterocycles. The minimum atomic E-state index is -1.22. The van der Waals surface area contributed by atoms with Crippen LogP contribution < -0.4 is 15.4 Å². The number of likely N-dealkylation sites (tertiary alicyclic amines) is 1. The van der Waals surface area contributed by atoms with Gasteiger partial charge in [0, 0.05) is 11.2 Å². The molecule has 9 heteroatoms. The molecule has 1 spiro atoms. The predicted molar refractivity (Wildman–Crippen MR) is 154 cm³/mol. The molecule has 220 valence electrons. The summed E-state index contributed by atoms with van der Waals surface area (Å²) in [6.45, 7) is 11.6. The van der Waals surface area contributed by atoms with Gasteiger partial charge >= 0.3 is 0 Å². The molecule has 3 aliphatic heterocycles. The Hall–Kier alpha value is -3.43. The number of aliphatic hydroxyl groups is 1. The van der Waals surface area contributed by atoms with Crippen LogP contribution in [0, 0.1) is 17.8 Å². The zero-order chi connectivity index (χ0) is 29.7. The van der Waals surface area contributed by atoms with E-state index in [-0.39, 0.29) is 30.2 Å². The molecule has 41 heavy (non-hydrogen) atoms. The number of fused-ring (bicyclic) bond motifs is 1. The van der Waals surface area contributed by atoms with E-state index >= 15 is 0 Å². The highest BCUT2D eigenvalue weighted by molar-refractivity contribution is 6.02. The zero-order valence-electron chi connectivity index (χ0n) is 24.6. The van der Waals surface area contributed by atoms with Gasteiger partial charge in [0.15, 0.2) is 0 Å². The minimum absolute atomic E-state index is 0.100. The molecule has 0 saturated carbocycles. The average Bonchev–Trinajstić information content (AvgIpc) is 3.42. The average molecular weight is 564 g/mol. The highest BCUT2D eigenvalue weighted by Crippen LogP contribution is 2.66. The molecule has 0 aromatic heterocycles. The van der Waals surface area contributed by atoms with Crippen LogP contribution in [-0.4, -0.2) is 63.7 Å². The van der Waals surface area contributed by atoms with Crippen LogP contribution in [0.3, 0.4) is 0 Å². The number of carbonyl (C=O) groups excluding carboxylic acids is 3. The third kappa shape index (κ3) is 4.78. The highest BCUT2D eigenvalue weighted by atomic mass is 16.5. The maximum atomic E-state index is 14.5. The number of amides is 3. The van der Waals surface area contributed by atoms with Crippen molar-refractivity contribution in [3.63, 3.8) is 0 Å². The van der Waals surface area contributed by atoms with Crippen LogP contribution in [0.25, 0.3) is 0 Å². The van der Waals surface area contributed by atoms with Gasteiger partial charge in [-0.05, 0) is 76.8 Å². The number of ether oxygens (including phenoxy) is 2. The second-order valence-corrected chi connectivity index (χ2v) is 12.7. The van der Waals surface area contributed by atoms with Crippen molar-refractivity contribution in [2.75, 3.05) is 18.5 Å². The molecule has 3 amide bonds. The van der Waals surface area contributed by atoms with Crippen LogP contribution in [0.4, 0.5) is 5.69 Å². The van der Waals surface area contributed by atoms with Crippen molar-refractivity contribution in [2.24, 2.45) is 17.8 Å². The minimum Gasteiger partial charge on any atom is -0.494 e. The number of carbonyl (C=O) groups is 3. The highest BCUT2D eigenvalue weighted by Gasteiger charge is 2.80. The third-order valence-corrected chi connectivity index (χ3v) is 8.91. The summed E-state index contributed by atoms with van der Waals surface area (Å²) in [4.78, 5) is 44.1. The second-order valence-electron chi connectivity index (χ2n) is 12.7. The fourth-order valence-corrected chi connectivity index (χ4v) is 7.20. The Balaban J connectivity index is 1.57.